The van der Waals surface area contributed by atoms with Gasteiger partial charge in [0.05, 0.1) is 28.5 Å². The summed E-state index contributed by atoms with van der Waals surface area (Å²) in [6.07, 6.45) is 4.30. The number of anilines is 1. The van der Waals surface area contributed by atoms with E-state index in [1.54, 1.807) is 0 Å². The molecule has 27 heavy (non-hydrogen) atoms. The highest BCUT2D eigenvalue weighted by Crippen LogP contribution is 2.37. The minimum absolute atomic E-state index is 0.137. The van der Waals surface area contributed by atoms with Crippen LogP contribution in [-0.2, 0) is 9.53 Å². The van der Waals surface area contributed by atoms with E-state index in [1.807, 2.05) is 24.0 Å². The lowest BCUT2D eigenvalue weighted by molar-refractivity contribution is -0.122. The first-order valence-electron chi connectivity index (χ1n) is 9.80. The van der Waals surface area contributed by atoms with E-state index in [0.717, 1.165) is 79.4 Å². The van der Waals surface area contributed by atoms with E-state index in [4.69, 9.17) is 21.3 Å². The normalized spacial score (nSPS) is 19.0. The van der Waals surface area contributed by atoms with Gasteiger partial charge in [-0.15, -0.1) is 0 Å². The van der Waals surface area contributed by atoms with Crippen LogP contribution in [-0.4, -0.2) is 55.2 Å². The van der Waals surface area contributed by atoms with Crippen LogP contribution in [0.4, 0.5) is 5.13 Å². The molecule has 0 N–H and O–H groups in total. The van der Waals surface area contributed by atoms with Crippen molar-refractivity contribution in [2.75, 3.05) is 44.3 Å². The number of hydrogen-bond donors (Lipinski definition) is 0. The Balaban J connectivity index is 1.61. The number of carbonyl (C=O) groups is 1. The van der Waals surface area contributed by atoms with Crippen molar-refractivity contribution in [3.8, 4) is 0 Å². The topological polar surface area (TPSA) is 45.7 Å². The number of ether oxygens (including phenoxy) is 1. The first-order chi connectivity index (χ1) is 13.1. The molecule has 2 aromatic rings. The van der Waals surface area contributed by atoms with Crippen LogP contribution in [0.1, 0.15) is 31.2 Å². The highest BCUT2D eigenvalue weighted by molar-refractivity contribution is 7.23. The Morgan fingerprint density at radius 1 is 1.33 bits per heavy atom. The summed E-state index contributed by atoms with van der Waals surface area (Å²) in [4.78, 5) is 22.4. The number of aromatic nitrogens is 1. The van der Waals surface area contributed by atoms with E-state index in [-0.39, 0.29) is 11.8 Å². The van der Waals surface area contributed by atoms with E-state index < -0.39 is 0 Å². The third-order valence-electron chi connectivity index (χ3n) is 5.63. The predicted octanol–water partition coefficient (Wildman–Crippen LogP) is 4.11. The summed E-state index contributed by atoms with van der Waals surface area (Å²) in [5.41, 5.74) is 2.01. The van der Waals surface area contributed by atoms with E-state index >= 15 is 0 Å². The van der Waals surface area contributed by atoms with Crippen molar-refractivity contribution in [2.45, 2.75) is 32.6 Å². The van der Waals surface area contributed by atoms with Gasteiger partial charge in [0.15, 0.2) is 5.13 Å². The average Bonchev–Trinajstić information content (AvgIpc) is 3.36. The Morgan fingerprint density at radius 3 is 2.78 bits per heavy atom. The highest BCUT2D eigenvalue weighted by atomic mass is 35.5. The van der Waals surface area contributed by atoms with Gasteiger partial charge in [0.1, 0.15) is 0 Å². The lowest BCUT2D eigenvalue weighted by Crippen LogP contribution is -2.44. The van der Waals surface area contributed by atoms with E-state index in [9.17, 15) is 4.79 Å². The fraction of sp³-hybridized carbons (Fsp3) is 0.600. The van der Waals surface area contributed by atoms with Crippen molar-refractivity contribution < 1.29 is 9.53 Å². The summed E-state index contributed by atoms with van der Waals surface area (Å²) < 4.78 is 6.41. The second kappa shape index (κ2) is 8.43. The van der Waals surface area contributed by atoms with Gasteiger partial charge >= 0.3 is 0 Å². The lowest BCUT2D eigenvalue weighted by Gasteiger charge is -2.30. The quantitative estimate of drug-likeness (QED) is 0.748. The molecule has 1 aliphatic carbocycles. The molecule has 0 spiro atoms. The molecule has 146 valence electrons. The van der Waals surface area contributed by atoms with Crippen molar-refractivity contribution >= 4 is 44.2 Å². The van der Waals surface area contributed by atoms with Gasteiger partial charge in [0.25, 0.3) is 0 Å². The van der Waals surface area contributed by atoms with Gasteiger partial charge in [-0.25, -0.2) is 4.98 Å². The zero-order chi connectivity index (χ0) is 18.8. The maximum absolute atomic E-state index is 13.3. The summed E-state index contributed by atoms with van der Waals surface area (Å²) in [6.45, 7) is 6.96. The summed E-state index contributed by atoms with van der Waals surface area (Å²) in [5.74, 6) is 0.367. The Kier molecular flexibility index (Phi) is 5.97. The molecule has 1 aliphatic heterocycles. The molecular formula is C20H26ClN3O2S. The number of aryl methyl sites for hydroxylation is 1. The monoisotopic (exact) mass is 407 g/mol. The number of fused-ring (bicyclic) bond motifs is 1. The number of carbonyl (C=O) groups excluding carboxylic acids is 1. The number of amides is 1. The summed E-state index contributed by atoms with van der Waals surface area (Å²) in [7, 11) is 0. The number of hydrogen-bond acceptors (Lipinski definition) is 5. The van der Waals surface area contributed by atoms with Crippen LogP contribution in [0, 0.1) is 12.8 Å². The number of nitrogens with zero attached hydrogens (tertiary/aromatic N) is 3. The SMILES string of the molecule is Cc1ccc(Cl)c2sc(N(CCN3CCOCC3)C(=O)C3CCCC3)nc12. The minimum Gasteiger partial charge on any atom is -0.379 e. The predicted molar refractivity (Wildman–Crippen MR) is 111 cm³/mol. The van der Waals surface area contributed by atoms with E-state index in [1.165, 1.54) is 11.3 Å². The fourth-order valence-electron chi connectivity index (χ4n) is 3.97. The molecule has 2 aliphatic rings. The fourth-order valence-corrected chi connectivity index (χ4v) is 5.31. The third-order valence-corrected chi connectivity index (χ3v) is 7.17. The van der Waals surface area contributed by atoms with Gasteiger partial charge in [-0.3, -0.25) is 14.6 Å². The van der Waals surface area contributed by atoms with E-state index in [2.05, 4.69) is 4.90 Å². The van der Waals surface area contributed by atoms with Gasteiger partial charge in [-0.05, 0) is 31.4 Å². The molecule has 1 aromatic carbocycles. The zero-order valence-corrected chi connectivity index (χ0v) is 17.3. The standard InChI is InChI=1S/C20H26ClN3O2S/c1-14-6-7-16(21)18-17(14)22-20(27-18)24(19(25)15-4-2-3-5-15)9-8-23-10-12-26-13-11-23/h6-7,15H,2-5,8-13H2,1H3. The van der Waals surface area contributed by atoms with Crippen molar-refractivity contribution in [1.29, 1.82) is 0 Å². The minimum atomic E-state index is 0.137. The summed E-state index contributed by atoms with van der Waals surface area (Å²) in [6, 6.07) is 3.91. The van der Waals surface area contributed by atoms with Crippen molar-refractivity contribution in [3.05, 3.63) is 22.7 Å². The van der Waals surface area contributed by atoms with Gasteiger partial charge in [-0.2, -0.15) is 0 Å². The van der Waals surface area contributed by atoms with Crippen LogP contribution in [0.3, 0.4) is 0 Å². The number of rotatable bonds is 5. The van der Waals surface area contributed by atoms with Crippen LogP contribution in [0.2, 0.25) is 5.02 Å². The molecule has 7 heteroatoms. The first-order valence-corrected chi connectivity index (χ1v) is 11.0. The molecule has 0 bridgehead atoms. The van der Waals surface area contributed by atoms with Crippen LogP contribution >= 0.6 is 22.9 Å². The van der Waals surface area contributed by atoms with E-state index in [0.29, 0.717) is 11.6 Å². The van der Waals surface area contributed by atoms with Crippen LogP contribution < -0.4 is 4.90 Å². The third kappa shape index (κ3) is 4.14. The number of morpholine rings is 1. The van der Waals surface area contributed by atoms with Gasteiger partial charge in [0.2, 0.25) is 5.91 Å². The van der Waals surface area contributed by atoms with Crippen molar-refractivity contribution in [2.24, 2.45) is 5.92 Å². The highest BCUT2D eigenvalue weighted by Gasteiger charge is 2.30. The second-order valence-electron chi connectivity index (χ2n) is 7.46. The van der Waals surface area contributed by atoms with Gasteiger partial charge in [-0.1, -0.05) is 41.8 Å². The second-order valence-corrected chi connectivity index (χ2v) is 8.85. The Bertz CT molecular complexity index is 774. The van der Waals surface area contributed by atoms with Crippen molar-refractivity contribution in [1.82, 2.24) is 9.88 Å². The van der Waals surface area contributed by atoms with Gasteiger partial charge < -0.3 is 4.74 Å². The smallest absolute Gasteiger partial charge is 0.231 e. The zero-order valence-electron chi connectivity index (χ0n) is 15.7. The number of halogens is 1. The molecule has 1 aromatic heterocycles. The Labute approximate surface area is 169 Å². The number of benzene rings is 1. The average molecular weight is 408 g/mol. The first kappa shape index (κ1) is 19.1. The molecule has 2 heterocycles. The van der Waals surface area contributed by atoms with Crippen molar-refractivity contribution in [3.63, 3.8) is 0 Å². The molecule has 0 unspecified atom stereocenters. The summed E-state index contributed by atoms with van der Waals surface area (Å²) >= 11 is 7.94. The Morgan fingerprint density at radius 2 is 2.07 bits per heavy atom. The molecule has 0 atom stereocenters. The molecule has 2 fully saturated rings. The molecule has 0 radical (unpaired) electrons. The summed E-state index contributed by atoms with van der Waals surface area (Å²) in [5, 5.41) is 1.49. The molecule has 1 saturated carbocycles. The molecule has 5 nitrogen and oxygen atoms in total. The van der Waals surface area contributed by atoms with Crippen LogP contribution in [0.5, 0.6) is 0 Å². The van der Waals surface area contributed by atoms with Crippen LogP contribution in [0.25, 0.3) is 10.2 Å². The molecular weight excluding hydrogens is 382 g/mol. The van der Waals surface area contributed by atoms with Crippen LogP contribution in [0.15, 0.2) is 12.1 Å². The maximum atomic E-state index is 13.3. The Hall–Kier alpha value is -1.21. The molecule has 1 saturated heterocycles. The molecule has 4 rings (SSSR count). The molecule has 1 amide bonds. The lowest BCUT2D eigenvalue weighted by atomic mass is 10.1. The van der Waals surface area contributed by atoms with Gasteiger partial charge in [0, 0.05) is 32.1 Å². The number of thiazole rings is 1. The maximum Gasteiger partial charge on any atom is 0.231 e. The largest absolute Gasteiger partial charge is 0.379 e.